The van der Waals surface area contributed by atoms with E-state index in [0.29, 0.717) is 31.3 Å². The first kappa shape index (κ1) is 33.2. The van der Waals surface area contributed by atoms with Gasteiger partial charge < -0.3 is 29.8 Å². The van der Waals surface area contributed by atoms with Crippen LogP contribution >= 0.6 is 0 Å². The van der Waals surface area contributed by atoms with Crippen LogP contribution in [0.5, 0.6) is 0 Å². The topological polar surface area (TPSA) is 153 Å². The van der Waals surface area contributed by atoms with Gasteiger partial charge in [0.05, 0.1) is 12.2 Å². The second-order valence-corrected chi connectivity index (χ2v) is 13.4. The lowest BCUT2D eigenvalue weighted by molar-refractivity contribution is -0.407. The van der Waals surface area contributed by atoms with E-state index in [1.807, 2.05) is 6.92 Å². The van der Waals surface area contributed by atoms with Crippen LogP contribution in [0.25, 0.3) is 0 Å². The van der Waals surface area contributed by atoms with Crippen molar-refractivity contribution in [2.75, 3.05) is 19.9 Å². The molecule has 43 heavy (non-hydrogen) atoms. The van der Waals surface area contributed by atoms with Crippen LogP contribution in [0.1, 0.15) is 66.2 Å². The highest BCUT2D eigenvalue weighted by Gasteiger charge is 2.75. The maximum atomic E-state index is 14.1. The van der Waals surface area contributed by atoms with Gasteiger partial charge in [0.15, 0.2) is 29.8 Å². The van der Waals surface area contributed by atoms with Gasteiger partial charge in [0.2, 0.25) is 5.78 Å². The molecule has 10 nitrogen and oxygen atoms in total. The van der Waals surface area contributed by atoms with Gasteiger partial charge in [-0.1, -0.05) is 31.2 Å². The number of alkyl halides is 1. The van der Waals surface area contributed by atoms with Gasteiger partial charge in [0.25, 0.3) is 0 Å². The number of halogens is 1. The zero-order valence-electron chi connectivity index (χ0n) is 25.6. The first-order chi connectivity index (χ1) is 20.1. The fraction of sp³-hybridized carbons (Fsp3) is 0.688. The van der Waals surface area contributed by atoms with E-state index in [0.717, 1.165) is 0 Å². The minimum absolute atomic E-state index is 0.00997. The number of quaternary nitrogens is 1. The lowest BCUT2D eigenvalue weighted by atomic mass is 9.57. The maximum absolute atomic E-state index is 14.1. The number of fused-ring (bicyclic) bond motifs is 3. The largest absolute Gasteiger partial charge is 0.457 e. The average molecular weight is 607 g/mol. The van der Waals surface area contributed by atoms with E-state index in [-0.39, 0.29) is 37.1 Å². The van der Waals surface area contributed by atoms with Crippen LogP contribution < -0.4 is 5.73 Å². The van der Waals surface area contributed by atoms with Crippen molar-refractivity contribution in [2.24, 2.45) is 22.7 Å². The normalized spacial score (nSPS) is 36.7. The SMILES string of the molecule is C=CCOC(=O)C([NH3+])CC(=O)OCC(=O)[C@@]12OC(C)(C)O[C@@H]1C[C@H]1[C@H](CCC3=CC(=O)C=C[C@]3(C)CF)C[C@@H](O)C[C@@]12C. The molecule has 238 valence electrons. The van der Waals surface area contributed by atoms with Gasteiger partial charge in [-0.3, -0.25) is 14.4 Å². The van der Waals surface area contributed by atoms with Gasteiger partial charge >= 0.3 is 11.9 Å². The molecule has 4 rings (SSSR count). The Balaban J connectivity index is 1.52. The van der Waals surface area contributed by atoms with Crippen LogP contribution in [0.2, 0.25) is 0 Å². The van der Waals surface area contributed by atoms with Gasteiger partial charge in [-0.05, 0) is 76.9 Å². The molecule has 1 unspecified atom stereocenters. The standard InChI is InChI=1S/C32H44FNO9/c1-6-11-40-28(39)24(34)15-27(38)41-17-25(37)32-26(42-29(2,3)43-32)14-23-19(12-22(36)16-31(23,32)5)7-8-20-13-21(35)9-10-30(20,4)18-33/h6,9-10,13,19,22-24,26,36H,1,7-8,11-12,14-18,34H2,2-5H3/p+1/t19-,22-,23+,24?,26-,30-,31+,32-/m1/s1. The summed E-state index contributed by atoms with van der Waals surface area (Å²) < 4.78 is 37.0. The van der Waals surface area contributed by atoms with E-state index in [1.54, 1.807) is 26.8 Å². The van der Waals surface area contributed by atoms with E-state index < -0.39 is 71.5 Å². The lowest BCUT2D eigenvalue weighted by Gasteiger charge is -2.51. The van der Waals surface area contributed by atoms with Crippen LogP contribution in [0.3, 0.4) is 0 Å². The number of hydrogen-bond acceptors (Lipinski definition) is 9. The Kier molecular flexibility index (Phi) is 9.52. The monoisotopic (exact) mass is 606 g/mol. The Bertz CT molecular complexity index is 1210. The molecule has 3 aliphatic carbocycles. The molecular formula is C32H45FNO9+. The highest BCUT2D eigenvalue weighted by atomic mass is 19.1. The molecule has 0 amide bonds. The van der Waals surface area contributed by atoms with E-state index in [9.17, 15) is 28.7 Å². The van der Waals surface area contributed by atoms with Crippen molar-refractivity contribution in [3.63, 3.8) is 0 Å². The van der Waals surface area contributed by atoms with Crippen molar-refractivity contribution in [1.29, 1.82) is 0 Å². The first-order valence-electron chi connectivity index (χ1n) is 15.0. The second kappa shape index (κ2) is 12.3. The van der Waals surface area contributed by atoms with Crippen molar-refractivity contribution in [3.8, 4) is 0 Å². The number of hydrogen-bond donors (Lipinski definition) is 2. The maximum Gasteiger partial charge on any atom is 0.365 e. The number of rotatable bonds is 12. The van der Waals surface area contributed by atoms with E-state index in [4.69, 9.17) is 18.9 Å². The Hall–Kier alpha value is -2.73. The highest BCUT2D eigenvalue weighted by Crippen LogP contribution is 2.66. The Morgan fingerprint density at radius 3 is 2.63 bits per heavy atom. The van der Waals surface area contributed by atoms with Crippen LogP contribution in [-0.4, -0.2) is 78.1 Å². The lowest BCUT2D eigenvalue weighted by Crippen LogP contribution is -2.66. The van der Waals surface area contributed by atoms with Crippen LogP contribution in [0.15, 0.2) is 36.5 Å². The Morgan fingerprint density at radius 1 is 1.23 bits per heavy atom. The minimum atomic E-state index is -1.48. The molecule has 1 aliphatic heterocycles. The quantitative estimate of drug-likeness (QED) is 0.252. The molecule has 8 atom stereocenters. The number of ketones is 2. The summed E-state index contributed by atoms with van der Waals surface area (Å²) in [6, 6.07) is -1.01. The summed E-state index contributed by atoms with van der Waals surface area (Å²) in [5.41, 5.74) is 1.16. The smallest absolute Gasteiger partial charge is 0.365 e. The van der Waals surface area contributed by atoms with Gasteiger partial charge in [-0.25, -0.2) is 9.18 Å². The van der Waals surface area contributed by atoms with E-state index in [1.165, 1.54) is 18.2 Å². The number of ether oxygens (including phenoxy) is 4. The van der Waals surface area contributed by atoms with Crippen molar-refractivity contribution in [2.45, 2.75) is 95.9 Å². The van der Waals surface area contributed by atoms with Crippen LogP contribution in [0, 0.1) is 22.7 Å². The zero-order valence-corrected chi connectivity index (χ0v) is 25.6. The number of aliphatic hydroxyl groups is 1. The highest BCUT2D eigenvalue weighted by molar-refractivity contribution is 6.01. The van der Waals surface area contributed by atoms with E-state index in [2.05, 4.69) is 12.3 Å². The molecule has 11 heteroatoms. The fourth-order valence-electron chi connectivity index (χ4n) is 7.79. The molecular weight excluding hydrogens is 561 g/mol. The number of allylic oxidation sites excluding steroid dienone is 4. The summed E-state index contributed by atoms with van der Waals surface area (Å²) in [5.74, 6) is -3.34. The summed E-state index contributed by atoms with van der Waals surface area (Å²) in [7, 11) is 0. The number of carbonyl (C=O) groups excluding carboxylic acids is 4. The molecule has 1 saturated heterocycles. The fourth-order valence-corrected chi connectivity index (χ4v) is 7.79. The third-order valence-electron chi connectivity index (χ3n) is 9.82. The summed E-state index contributed by atoms with van der Waals surface area (Å²) >= 11 is 0. The predicted molar refractivity (Wildman–Crippen MR) is 152 cm³/mol. The molecule has 4 aliphatic rings. The molecule has 0 spiro atoms. The summed E-state index contributed by atoms with van der Waals surface area (Å²) in [6.45, 7) is 9.37. The van der Waals surface area contributed by atoms with Crippen LogP contribution in [-0.2, 0) is 38.1 Å². The van der Waals surface area contributed by atoms with Crippen molar-refractivity contribution >= 4 is 23.5 Å². The minimum Gasteiger partial charge on any atom is -0.457 e. The van der Waals surface area contributed by atoms with Gasteiger partial charge in [0, 0.05) is 10.8 Å². The van der Waals surface area contributed by atoms with Gasteiger partial charge in [-0.15, -0.1) is 0 Å². The second-order valence-electron chi connectivity index (χ2n) is 13.4. The Labute approximate surface area is 251 Å². The molecule has 0 aromatic rings. The molecule has 3 fully saturated rings. The summed E-state index contributed by atoms with van der Waals surface area (Å²) in [5, 5.41) is 11.1. The number of esters is 2. The molecule has 2 saturated carbocycles. The molecule has 0 aromatic heterocycles. The van der Waals surface area contributed by atoms with Crippen molar-refractivity contribution in [1.82, 2.24) is 0 Å². The average Bonchev–Trinajstić information content (AvgIpc) is 3.35. The summed E-state index contributed by atoms with van der Waals surface area (Å²) in [6.07, 6.45) is 6.51. The number of aliphatic hydroxyl groups excluding tert-OH is 1. The predicted octanol–water partition coefficient (Wildman–Crippen LogP) is 2.34. The molecule has 4 N–H and O–H groups in total. The molecule has 1 heterocycles. The molecule has 0 aromatic carbocycles. The Morgan fingerprint density at radius 2 is 1.95 bits per heavy atom. The van der Waals surface area contributed by atoms with Crippen LogP contribution in [0.4, 0.5) is 4.39 Å². The molecule has 0 radical (unpaired) electrons. The number of Topliss-reactive ketones (excluding diaryl/α,β-unsaturated/α-hetero) is 1. The van der Waals surface area contributed by atoms with Crippen molar-refractivity contribution < 1.29 is 53.4 Å². The molecule has 0 bridgehead atoms. The number of carbonyl (C=O) groups is 4. The van der Waals surface area contributed by atoms with Crippen molar-refractivity contribution in [3.05, 3.63) is 36.5 Å². The third-order valence-corrected chi connectivity index (χ3v) is 9.82. The van der Waals surface area contributed by atoms with E-state index >= 15 is 0 Å². The van der Waals surface area contributed by atoms with Gasteiger partial charge in [-0.2, -0.15) is 0 Å². The first-order valence-corrected chi connectivity index (χ1v) is 15.0. The zero-order chi connectivity index (χ0) is 31.8. The third kappa shape index (κ3) is 6.27. The van der Waals surface area contributed by atoms with Gasteiger partial charge in [0.1, 0.15) is 19.7 Å². The summed E-state index contributed by atoms with van der Waals surface area (Å²) in [4.78, 5) is 50.7.